The minimum Gasteiger partial charge on any atom is -0.398 e. The molecule has 0 fully saturated rings. The molecule has 0 atom stereocenters. The molecule has 1 aromatic rings. The molecule has 0 radical (unpaired) electrons. The monoisotopic (exact) mass is 249 g/mol. The van der Waals surface area contributed by atoms with Crippen molar-refractivity contribution in [1.29, 1.82) is 0 Å². The van der Waals surface area contributed by atoms with Crippen molar-refractivity contribution in [3.05, 3.63) is 23.8 Å². The molecule has 0 amide bonds. The molecule has 1 rings (SSSR count). The number of nitrogens with two attached hydrogens (primary N) is 1. The zero-order valence-corrected chi connectivity index (χ0v) is 12.6. The predicted molar refractivity (Wildman–Crippen MR) is 81.4 cm³/mol. The van der Waals surface area contributed by atoms with Crippen LogP contribution in [-0.4, -0.2) is 39.1 Å². The van der Waals surface area contributed by atoms with Crippen molar-refractivity contribution in [2.45, 2.75) is 26.2 Å². The fourth-order valence-corrected chi connectivity index (χ4v) is 1.95. The van der Waals surface area contributed by atoms with Gasteiger partial charge in [0.15, 0.2) is 0 Å². The van der Waals surface area contributed by atoms with Crippen molar-refractivity contribution in [3.63, 3.8) is 0 Å². The van der Waals surface area contributed by atoms with Crippen LogP contribution in [0.2, 0.25) is 0 Å². The second-order valence-corrected chi connectivity index (χ2v) is 6.25. The molecule has 2 N–H and O–H groups in total. The highest BCUT2D eigenvalue weighted by molar-refractivity contribution is 5.61. The van der Waals surface area contributed by atoms with E-state index in [1.807, 2.05) is 0 Å². The number of hydrogen-bond donors (Lipinski definition) is 1. The third-order valence-corrected chi connectivity index (χ3v) is 3.17. The summed E-state index contributed by atoms with van der Waals surface area (Å²) >= 11 is 0. The lowest BCUT2D eigenvalue weighted by molar-refractivity contribution is 0.416. The van der Waals surface area contributed by atoms with E-state index in [4.69, 9.17) is 5.73 Å². The van der Waals surface area contributed by atoms with E-state index in [2.05, 4.69) is 69.9 Å². The fraction of sp³-hybridized carbons (Fsp3) is 0.600. The Balaban J connectivity index is 2.84. The molecule has 3 heteroatoms. The van der Waals surface area contributed by atoms with E-state index in [1.165, 1.54) is 11.3 Å². The normalized spacial score (nSPS) is 11.9. The quantitative estimate of drug-likeness (QED) is 0.832. The zero-order chi connectivity index (χ0) is 13.9. The van der Waals surface area contributed by atoms with Gasteiger partial charge in [-0.3, -0.25) is 0 Å². The summed E-state index contributed by atoms with van der Waals surface area (Å²) in [4.78, 5) is 4.42. The maximum atomic E-state index is 6.16. The van der Waals surface area contributed by atoms with Gasteiger partial charge in [-0.25, -0.2) is 0 Å². The molecule has 0 aromatic heterocycles. The Kier molecular flexibility index (Phi) is 4.63. The second kappa shape index (κ2) is 5.61. The summed E-state index contributed by atoms with van der Waals surface area (Å²) in [5, 5.41) is 0. The first-order valence-electron chi connectivity index (χ1n) is 6.47. The van der Waals surface area contributed by atoms with E-state index in [-0.39, 0.29) is 5.41 Å². The van der Waals surface area contributed by atoms with Crippen LogP contribution in [0.3, 0.4) is 0 Å². The van der Waals surface area contributed by atoms with Crippen molar-refractivity contribution in [3.8, 4) is 0 Å². The fourth-order valence-electron chi connectivity index (χ4n) is 1.95. The lowest BCUT2D eigenvalue weighted by Crippen LogP contribution is -2.28. The Labute approximate surface area is 112 Å². The number of rotatable bonds is 4. The molecule has 18 heavy (non-hydrogen) atoms. The molecule has 0 bridgehead atoms. The Morgan fingerprint density at radius 1 is 1.06 bits per heavy atom. The topological polar surface area (TPSA) is 32.5 Å². The Morgan fingerprint density at radius 2 is 1.67 bits per heavy atom. The van der Waals surface area contributed by atoms with Gasteiger partial charge in [-0.15, -0.1) is 0 Å². The summed E-state index contributed by atoms with van der Waals surface area (Å²) in [6.07, 6.45) is 0. The average Bonchev–Trinajstić information content (AvgIpc) is 2.23. The summed E-state index contributed by atoms with van der Waals surface area (Å²) in [6, 6.07) is 6.39. The third kappa shape index (κ3) is 3.91. The SMILES string of the molecule is CN(C)CCN(C)c1ccc(C(C)(C)C)c(N)c1. The summed E-state index contributed by atoms with van der Waals surface area (Å²) in [5.41, 5.74) is 9.55. The van der Waals surface area contributed by atoms with Crippen molar-refractivity contribution < 1.29 is 0 Å². The molecule has 0 unspecified atom stereocenters. The first-order valence-corrected chi connectivity index (χ1v) is 6.47. The minimum absolute atomic E-state index is 0.102. The smallest absolute Gasteiger partial charge is 0.0384 e. The van der Waals surface area contributed by atoms with Gasteiger partial charge in [-0.2, -0.15) is 0 Å². The average molecular weight is 249 g/mol. The summed E-state index contributed by atoms with van der Waals surface area (Å²) in [5.74, 6) is 0. The van der Waals surface area contributed by atoms with Gasteiger partial charge < -0.3 is 15.5 Å². The number of anilines is 2. The van der Waals surface area contributed by atoms with E-state index >= 15 is 0 Å². The van der Waals surface area contributed by atoms with Crippen LogP contribution in [-0.2, 0) is 5.41 Å². The highest BCUT2D eigenvalue weighted by atomic mass is 15.2. The van der Waals surface area contributed by atoms with Crippen LogP contribution in [0, 0.1) is 0 Å². The van der Waals surface area contributed by atoms with Crippen molar-refractivity contribution in [2.24, 2.45) is 0 Å². The van der Waals surface area contributed by atoms with Crippen LogP contribution in [0.15, 0.2) is 18.2 Å². The summed E-state index contributed by atoms with van der Waals surface area (Å²) < 4.78 is 0. The summed E-state index contributed by atoms with van der Waals surface area (Å²) in [6.45, 7) is 8.61. The van der Waals surface area contributed by atoms with Crippen LogP contribution >= 0.6 is 0 Å². The van der Waals surface area contributed by atoms with E-state index in [0.29, 0.717) is 0 Å². The van der Waals surface area contributed by atoms with Gasteiger partial charge in [0.25, 0.3) is 0 Å². The molecule has 1 aromatic carbocycles. The first-order chi connectivity index (χ1) is 8.21. The molecule has 0 aliphatic rings. The van der Waals surface area contributed by atoms with Crippen molar-refractivity contribution in [2.75, 3.05) is 44.9 Å². The Morgan fingerprint density at radius 3 is 2.11 bits per heavy atom. The molecule has 0 aliphatic heterocycles. The van der Waals surface area contributed by atoms with Gasteiger partial charge in [0.2, 0.25) is 0 Å². The van der Waals surface area contributed by atoms with E-state index in [9.17, 15) is 0 Å². The van der Waals surface area contributed by atoms with Gasteiger partial charge in [-0.1, -0.05) is 26.8 Å². The number of hydrogen-bond acceptors (Lipinski definition) is 3. The van der Waals surface area contributed by atoms with Gasteiger partial charge in [-0.05, 0) is 37.2 Å². The largest absolute Gasteiger partial charge is 0.398 e. The molecular formula is C15H27N3. The molecule has 0 heterocycles. The van der Waals surface area contributed by atoms with E-state index in [1.54, 1.807) is 0 Å². The zero-order valence-electron chi connectivity index (χ0n) is 12.6. The van der Waals surface area contributed by atoms with Crippen molar-refractivity contribution in [1.82, 2.24) is 4.90 Å². The van der Waals surface area contributed by atoms with Crippen LogP contribution < -0.4 is 10.6 Å². The maximum Gasteiger partial charge on any atom is 0.0384 e. The highest BCUT2D eigenvalue weighted by Gasteiger charge is 2.17. The number of likely N-dealkylation sites (N-methyl/N-ethyl adjacent to an activating group) is 2. The first kappa shape index (κ1) is 14.8. The van der Waals surface area contributed by atoms with Gasteiger partial charge >= 0.3 is 0 Å². The maximum absolute atomic E-state index is 6.16. The second-order valence-electron chi connectivity index (χ2n) is 6.25. The van der Waals surface area contributed by atoms with E-state index < -0.39 is 0 Å². The number of nitrogen functional groups attached to an aromatic ring is 1. The van der Waals surface area contributed by atoms with Gasteiger partial charge in [0.05, 0.1) is 0 Å². The number of nitrogens with zero attached hydrogens (tertiary/aromatic N) is 2. The van der Waals surface area contributed by atoms with Crippen LogP contribution in [0.4, 0.5) is 11.4 Å². The highest BCUT2D eigenvalue weighted by Crippen LogP contribution is 2.30. The Hall–Kier alpha value is -1.22. The minimum atomic E-state index is 0.102. The Bertz CT molecular complexity index is 391. The molecule has 3 nitrogen and oxygen atoms in total. The lowest BCUT2D eigenvalue weighted by Gasteiger charge is -2.25. The molecule has 102 valence electrons. The summed E-state index contributed by atoms with van der Waals surface area (Å²) in [7, 11) is 6.28. The lowest BCUT2D eigenvalue weighted by atomic mass is 9.86. The van der Waals surface area contributed by atoms with Gasteiger partial charge in [0.1, 0.15) is 0 Å². The molecule has 0 saturated carbocycles. The van der Waals surface area contributed by atoms with Crippen LogP contribution in [0.25, 0.3) is 0 Å². The van der Waals surface area contributed by atoms with Crippen molar-refractivity contribution >= 4 is 11.4 Å². The number of benzene rings is 1. The molecule has 0 saturated heterocycles. The molecule has 0 aliphatic carbocycles. The van der Waals surface area contributed by atoms with Crippen LogP contribution in [0.5, 0.6) is 0 Å². The third-order valence-electron chi connectivity index (χ3n) is 3.17. The molecule has 0 spiro atoms. The van der Waals surface area contributed by atoms with Crippen LogP contribution in [0.1, 0.15) is 26.3 Å². The predicted octanol–water partition coefficient (Wildman–Crippen LogP) is 2.56. The molecular weight excluding hydrogens is 222 g/mol. The van der Waals surface area contributed by atoms with E-state index in [0.717, 1.165) is 18.8 Å². The standard InChI is InChI=1S/C15H27N3/c1-15(2,3)13-8-7-12(11-14(13)16)18(6)10-9-17(4)5/h7-8,11H,9-10,16H2,1-6H3. The van der Waals surface area contributed by atoms with Gasteiger partial charge in [0, 0.05) is 31.5 Å².